The van der Waals surface area contributed by atoms with Gasteiger partial charge in [-0.2, -0.15) is 0 Å². The summed E-state index contributed by atoms with van der Waals surface area (Å²) in [6, 6.07) is 5.21. The molecule has 0 N–H and O–H groups in total. The van der Waals surface area contributed by atoms with Crippen molar-refractivity contribution in [2.75, 3.05) is 20.2 Å². The van der Waals surface area contributed by atoms with Crippen LogP contribution in [0.1, 0.15) is 54.2 Å². The predicted molar refractivity (Wildman–Crippen MR) is 106 cm³/mol. The van der Waals surface area contributed by atoms with Crippen LogP contribution >= 0.6 is 11.6 Å². The van der Waals surface area contributed by atoms with E-state index in [9.17, 15) is 4.79 Å². The molecule has 2 heterocycles. The fourth-order valence-corrected chi connectivity index (χ4v) is 5.04. The maximum Gasteiger partial charge on any atom is 0.257 e. The number of hydrogen-bond acceptors (Lipinski definition) is 4. The van der Waals surface area contributed by atoms with Crippen molar-refractivity contribution in [3.63, 3.8) is 0 Å². The van der Waals surface area contributed by atoms with Gasteiger partial charge < -0.3 is 14.2 Å². The lowest BCUT2D eigenvalue weighted by Crippen LogP contribution is -2.38. The standard InChI is InChI=1S/C21H25ClN4O2/c1-28-18-9-15(22)5-6-16(18)20(27)25-11-17(21(12-25)7-2-8-21)19-24-23-13-26(19)10-14-3-4-14/h5-6,9,13-14,17H,2-4,7-8,10-12H2,1H3. The fourth-order valence-electron chi connectivity index (χ4n) is 4.88. The van der Waals surface area contributed by atoms with E-state index in [1.807, 2.05) is 11.2 Å². The second-order valence-electron chi connectivity index (χ2n) is 8.58. The molecule has 3 fully saturated rings. The molecule has 2 saturated carbocycles. The molecule has 1 aromatic carbocycles. The minimum Gasteiger partial charge on any atom is -0.496 e. The molecule has 1 atom stereocenters. The molecule has 5 rings (SSSR count). The second-order valence-corrected chi connectivity index (χ2v) is 9.02. The number of hydrogen-bond donors (Lipinski definition) is 0. The van der Waals surface area contributed by atoms with Crippen molar-refractivity contribution < 1.29 is 9.53 Å². The Hall–Kier alpha value is -2.08. The molecule has 2 aromatic rings. The third-order valence-corrected chi connectivity index (χ3v) is 7.02. The van der Waals surface area contributed by atoms with E-state index in [1.165, 1.54) is 19.3 Å². The van der Waals surface area contributed by atoms with Gasteiger partial charge in [-0.25, -0.2) is 0 Å². The number of ether oxygens (including phenoxy) is 1. The molecule has 6 nitrogen and oxygen atoms in total. The Bertz CT molecular complexity index is 904. The van der Waals surface area contributed by atoms with E-state index in [4.69, 9.17) is 16.3 Å². The Labute approximate surface area is 169 Å². The van der Waals surface area contributed by atoms with E-state index in [1.54, 1.807) is 25.3 Å². The van der Waals surface area contributed by atoms with Crippen LogP contribution in [0, 0.1) is 11.3 Å². The number of carbonyl (C=O) groups is 1. The summed E-state index contributed by atoms with van der Waals surface area (Å²) in [7, 11) is 1.57. The molecule has 1 spiro atoms. The Morgan fingerprint density at radius 3 is 2.86 bits per heavy atom. The van der Waals surface area contributed by atoms with Crippen molar-refractivity contribution in [2.24, 2.45) is 11.3 Å². The van der Waals surface area contributed by atoms with Gasteiger partial charge in [0.2, 0.25) is 0 Å². The Balaban J connectivity index is 1.43. The van der Waals surface area contributed by atoms with Crippen LogP contribution in [0.25, 0.3) is 0 Å². The van der Waals surface area contributed by atoms with E-state index >= 15 is 0 Å². The number of amides is 1. The van der Waals surface area contributed by atoms with Crippen molar-refractivity contribution in [3.8, 4) is 5.75 Å². The predicted octanol–water partition coefficient (Wildman–Crippen LogP) is 3.76. The van der Waals surface area contributed by atoms with Crippen LogP contribution in [-0.4, -0.2) is 45.8 Å². The summed E-state index contributed by atoms with van der Waals surface area (Å²) < 4.78 is 7.65. The van der Waals surface area contributed by atoms with Gasteiger partial charge >= 0.3 is 0 Å². The van der Waals surface area contributed by atoms with Crippen molar-refractivity contribution in [3.05, 3.63) is 40.9 Å². The molecule has 1 aliphatic heterocycles. The maximum atomic E-state index is 13.3. The minimum atomic E-state index is 0.00977. The average molecular weight is 401 g/mol. The maximum absolute atomic E-state index is 13.3. The van der Waals surface area contributed by atoms with Gasteiger partial charge in [0.05, 0.1) is 12.7 Å². The highest BCUT2D eigenvalue weighted by Gasteiger charge is 2.54. The molecule has 0 bridgehead atoms. The van der Waals surface area contributed by atoms with Gasteiger partial charge in [0, 0.05) is 30.6 Å². The summed E-state index contributed by atoms with van der Waals surface area (Å²) in [4.78, 5) is 15.3. The van der Waals surface area contributed by atoms with E-state index < -0.39 is 0 Å². The number of benzene rings is 1. The SMILES string of the molecule is COc1cc(Cl)ccc1C(=O)N1CC(c2nncn2CC2CC2)C2(CCC2)C1. The van der Waals surface area contributed by atoms with Crippen molar-refractivity contribution in [1.82, 2.24) is 19.7 Å². The lowest BCUT2D eigenvalue weighted by atomic mass is 9.62. The average Bonchev–Trinajstić information content (AvgIpc) is 3.20. The molecule has 2 aliphatic carbocycles. The normalized spacial score (nSPS) is 23.1. The number of halogens is 1. The zero-order valence-electron chi connectivity index (χ0n) is 16.1. The molecule has 1 amide bonds. The monoisotopic (exact) mass is 400 g/mol. The summed E-state index contributed by atoms with van der Waals surface area (Å²) in [6.07, 6.45) is 7.99. The molecular formula is C21H25ClN4O2. The first kappa shape index (κ1) is 18.0. The first-order chi connectivity index (χ1) is 13.6. The number of carbonyl (C=O) groups excluding carboxylic acids is 1. The van der Waals surface area contributed by atoms with Crippen molar-refractivity contribution in [1.29, 1.82) is 0 Å². The topological polar surface area (TPSA) is 60.2 Å². The minimum absolute atomic E-state index is 0.00977. The van der Waals surface area contributed by atoms with Crippen LogP contribution in [-0.2, 0) is 6.54 Å². The largest absolute Gasteiger partial charge is 0.496 e. The van der Waals surface area contributed by atoms with Crippen LogP contribution in [0.15, 0.2) is 24.5 Å². The summed E-state index contributed by atoms with van der Waals surface area (Å²) >= 11 is 6.07. The van der Waals surface area contributed by atoms with Crippen LogP contribution in [0.4, 0.5) is 0 Å². The number of nitrogens with zero attached hydrogens (tertiary/aromatic N) is 4. The first-order valence-corrected chi connectivity index (χ1v) is 10.5. The Morgan fingerprint density at radius 1 is 1.36 bits per heavy atom. The smallest absolute Gasteiger partial charge is 0.257 e. The van der Waals surface area contributed by atoms with E-state index in [-0.39, 0.29) is 17.2 Å². The van der Waals surface area contributed by atoms with Crippen molar-refractivity contribution >= 4 is 17.5 Å². The van der Waals surface area contributed by atoms with Crippen LogP contribution in [0.2, 0.25) is 5.02 Å². The third kappa shape index (κ3) is 2.98. The molecule has 148 valence electrons. The fraction of sp³-hybridized carbons (Fsp3) is 0.571. The van der Waals surface area contributed by atoms with Crippen LogP contribution < -0.4 is 4.74 Å². The quantitative estimate of drug-likeness (QED) is 0.766. The molecule has 1 aromatic heterocycles. The zero-order chi connectivity index (χ0) is 19.3. The van der Waals surface area contributed by atoms with Crippen LogP contribution in [0.3, 0.4) is 0 Å². The number of aromatic nitrogens is 3. The van der Waals surface area contributed by atoms with Gasteiger partial charge in [0.1, 0.15) is 17.9 Å². The Kier molecular flexibility index (Phi) is 4.34. The first-order valence-electron chi connectivity index (χ1n) is 10.1. The number of rotatable bonds is 5. The summed E-state index contributed by atoms with van der Waals surface area (Å²) in [6.45, 7) is 2.47. The van der Waals surface area contributed by atoms with Gasteiger partial charge in [-0.15, -0.1) is 10.2 Å². The summed E-state index contributed by atoms with van der Waals surface area (Å²) in [5.41, 5.74) is 0.713. The zero-order valence-corrected chi connectivity index (χ0v) is 16.9. The lowest BCUT2D eigenvalue weighted by Gasteiger charge is -2.42. The molecule has 1 unspecified atom stereocenters. The van der Waals surface area contributed by atoms with Gasteiger partial charge in [-0.3, -0.25) is 4.79 Å². The van der Waals surface area contributed by atoms with Gasteiger partial charge in [-0.05, 0) is 55.2 Å². The molecule has 7 heteroatoms. The second kappa shape index (κ2) is 6.76. The Morgan fingerprint density at radius 2 is 2.18 bits per heavy atom. The van der Waals surface area contributed by atoms with Crippen LogP contribution in [0.5, 0.6) is 5.75 Å². The van der Waals surface area contributed by atoms with E-state index in [0.717, 1.165) is 37.7 Å². The van der Waals surface area contributed by atoms with Gasteiger partial charge in [0.15, 0.2) is 0 Å². The summed E-state index contributed by atoms with van der Waals surface area (Å²) in [5, 5.41) is 9.28. The lowest BCUT2D eigenvalue weighted by molar-refractivity contribution is 0.0720. The molecule has 0 radical (unpaired) electrons. The molecular weight excluding hydrogens is 376 g/mol. The molecule has 3 aliphatic rings. The summed E-state index contributed by atoms with van der Waals surface area (Å²) in [5.74, 6) is 2.62. The van der Waals surface area contributed by atoms with Crippen molar-refractivity contribution in [2.45, 2.75) is 44.6 Å². The number of likely N-dealkylation sites (tertiary alicyclic amines) is 1. The molecule has 1 saturated heterocycles. The highest BCUT2D eigenvalue weighted by Crippen LogP contribution is 2.55. The highest BCUT2D eigenvalue weighted by molar-refractivity contribution is 6.30. The third-order valence-electron chi connectivity index (χ3n) is 6.79. The van der Waals surface area contributed by atoms with Gasteiger partial charge in [-0.1, -0.05) is 18.0 Å². The van der Waals surface area contributed by atoms with E-state index in [2.05, 4.69) is 14.8 Å². The highest BCUT2D eigenvalue weighted by atomic mass is 35.5. The van der Waals surface area contributed by atoms with Gasteiger partial charge in [0.25, 0.3) is 5.91 Å². The van der Waals surface area contributed by atoms with E-state index in [0.29, 0.717) is 22.9 Å². The number of methoxy groups -OCH3 is 1. The molecule has 28 heavy (non-hydrogen) atoms.